The maximum Gasteiger partial charge on any atom is 0.135 e. The lowest BCUT2D eigenvalue weighted by atomic mass is 10.2. The minimum absolute atomic E-state index is 0.609. The topological polar surface area (TPSA) is 65.8 Å². The van der Waals surface area contributed by atoms with Crippen molar-refractivity contribution in [3.63, 3.8) is 0 Å². The van der Waals surface area contributed by atoms with E-state index in [2.05, 4.69) is 32.2 Å². The normalized spacial score (nSPS) is 11.9. The van der Waals surface area contributed by atoms with E-state index >= 15 is 0 Å². The van der Waals surface area contributed by atoms with Crippen molar-refractivity contribution in [1.29, 1.82) is 0 Å². The molecule has 1 aliphatic heterocycles. The van der Waals surface area contributed by atoms with Crippen LogP contribution in [-0.4, -0.2) is 34.2 Å². The van der Waals surface area contributed by atoms with Crippen LogP contribution in [0.1, 0.15) is 22.6 Å². The third kappa shape index (κ3) is 2.47. The first-order chi connectivity index (χ1) is 14.3. The van der Waals surface area contributed by atoms with Gasteiger partial charge in [-0.25, -0.2) is 14.2 Å². The SMILES string of the molecule is Clc1ccc2c(c1)-n1nncc1Cc1c(C#Cc3cnn4ccccc34)ncn1-2. The van der Waals surface area contributed by atoms with E-state index in [-0.39, 0.29) is 0 Å². The highest BCUT2D eigenvalue weighted by molar-refractivity contribution is 6.30. The second kappa shape index (κ2) is 6.06. The van der Waals surface area contributed by atoms with Gasteiger partial charge < -0.3 is 0 Å². The average Bonchev–Trinajstić information content (AvgIpc) is 3.44. The van der Waals surface area contributed by atoms with Gasteiger partial charge in [0.05, 0.1) is 46.2 Å². The highest BCUT2D eigenvalue weighted by Crippen LogP contribution is 2.30. The zero-order valence-corrected chi connectivity index (χ0v) is 15.7. The highest BCUT2D eigenvalue weighted by atomic mass is 35.5. The summed E-state index contributed by atoms with van der Waals surface area (Å²) in [4.78, 5) is 4.58. The zero-order valence-electron chi connectivity index (χ0n) is 15.0. The van der Waals surface area contributed by atoms with Gasteiger partial charge in [0, 0.05) is 17.6 Å². The second-order valence-electron chi connectivity index (χ2n) is 6.70. The van der Waals surface area contributed by atoms with Crippen LogP contribution in [0, 0.1) is 11.8 Å². The number of imidazole rings is 1. The third-order valence-corrected chi connectivity index (χ3v) is 5.24. The van der Waals surface area contributed by atoms with E-state index in [1.807, 2.05) is 56.4 Å². The number of pyridine rings is 1. The zero-order chi connectivity index (χ0) is 19.4. The lowest BCUT2D eigenvalue weighted by Crippen LogP contribution is -2.03. The summed E-state index contributed by atoms with van der Waals surface area (Å²) in [5.41, 5.74) is 6.28. The maximum absolute atomic E-state index is 6.23. The molecule has 0 amide bonds. The molecule has 0 bridgehead atoms. The van der Waals surface area contributed by atoms with Gasteiger partial charge in [-0.1, -0.05) is 28.8 Å². The van der Waals surface area contributed by atoms with Crippen molar-refractivity contribution in [3.8, 4) is 23.2 Å². The number of nitrogens with zero attached hydrogens (tertiary/aromatic N) is 7. The minimum Gasteiger partial charge on any atom is -0.299 e. The molecule has 7 nitrogen and oxygen atoms in total. The number of aromatic nitrogens is 7. The maximum atomic E-state index is 6.23. The Morgan fingerprint density at radius 3 is 2.97 bits per heavy atom. The van der Waals surface area contributed by atoms with Crippen LogP contribution >= 0.6 is 11.6 Å². The van der Waals surface area contributed by atoms with E-state index in [4.69, 9.17) is 11.6 Å². The van der Waals surface area contributed by atoms with E-state index in [0.717, 1.165) is 39.5 Å². The van der Waals surface area contributed by atoms with E-state index < -0.39 is 0 Å². The van der Waals surface area contributed by atoms with Crippen LogP contribution in [-0.2, 0) is 6.42 Å². The summed E-state index contributed by atoms with van der Waals surface area (Å²) in [6, 6.07) is 11.6. The van der Waals surface area contributed by atoms with E-state index in [1.54, 1.807) is 18.7 Å². The number of fused-ring (bicyclic) bond motifs is 6. The van der Waals surface area contributed by atoms with Crippen LogP contribution in [0.3, 0.4) is 0 Å². The van der Waals surface area contributed by atoms with Crippen molar-refractivity contribution in [1.82, 2.24) is 34.2 Å². The summed E-state index contributed by atoms with van der Waals surface area (Å²) in [6.45, 7) is 0. The summed E-state index contributed by atoms with van der Waals surface area (Å²) in [5, 5.41) is 13.3. The van der Waals surface area contributed by atoms with Gasteiger partial charge >= 0.3 is 0 Å². The Labute approximate surface area is 170 Å². The smallest absolute Gasteiger partial charge is 0.135 e. The Morgan fingerprint density at radius 1 is 1.03 bits per heavy atom. The average molecular weight is 398 g/mol. The summed E-state index contributed by atoms with van der Waals surface area (Å²) < 4.78 is 5.67. The Kier molecular flexibility index (Phi) is 3.36. The van der Waals surface area contributed by atoms with Gasteiger partial charge in [-0.05, 0) is 36.3 Å². The van der Waals surface area contributed by atoms with Crippen LogP contribution in [0.2, 0.25) is 5.02 Å². The minimum atomic E-state index is 0.609. The molecular formula is C21H12ClN7. The van der Waals surface area contributed by atoms with E-state index in [0.29, 0.717) is 11.4 Å². The first-order valence-corrected chi connectivity index (χ1v) is 9.36. The second-order valence-corrected chi connectivity index (χ2v) is 7.13. The fraction of sp³-hybridized carbons (Fsp3) is 0.0476. The van der Waals surface area contributed by atoms with Gasteiger partial charge in [0.15, 0.2) is 0 Å². The molecule has 6 rings (SSSR count). The van der Waals surface area contributed by atoms with Crippen molar-refractivity contribution < 1.29 is 0 Å². The molecule has 0 fully saturated rings. The van der Waals surface area contributed by atoms with Crippen molar-refractivity contribution in [2.24, 2.45) is 0 Å². The molecule has 0 saturated carbocycles. The number of hydrogen-bond acceptors (Lipinski definition) is 4. The predicted molar refractivity (Wildman–Crippen MR) is 107 cm³/mol. The predicted octanol–water partition coefficient (Wildman–Crippen LogP) is 3.06. The molecule has 1 aliphatic rings. The molecule has 29 heavy (non-hydrogen) atoms. The fourth-order valence-electron chi connectivity index (χ4n) is 3.63. The molecule has 0 spiro atoms. The first-order valence-electron chi connectivity index (χ1n) is 8.98. The van der Waals surface area contributed by atoms with Crippen LogP contribution in [0.5, 0.6) is 0 Å². The molecule has 0 atom stereocenters. The highest BCUT2D eigenvalue weighted by Gasteiger charge is 2.23. The molecular weight excluding hydrogens is 386 g/mol. The molecule has 1 aromatic carbocycles. The van der Waals surface area contributed by atoms with Gasteiger partial charge in [-0.3, -0.25) is 4.57 Å². The molecule has 0 aliphatic carbocycles. The van der Waals surface area contributed by atoms with E-state index in [9.17, 15) is 0 Å². The third-order valence-electron chi connectivity index (χ3n) is 5.00. The fourth-order valence-corrected chi connectivity index (χ4v) is 3.80. The quantitative estimate of drug-likeness (QED) is 0.369. The van der Waals surface area contributed by atoms with Gasteiger partial charge in [0.25, 0.3) is 0 Å². The van der Waals surface area contributed by atoms with Crippen molar-refractivity contribution >= 4 is 17.1 Å². The van der Waals surface area contributed by atoms with Crippen LogP contribution < -0.4 is 0 Å². The first kappa shape index (κ1) is 16.1. The molecule has 4 aromatic heterocycles. The van der Waals surface area contributed by atoms with E-state index in [1.165, 1.54) is 0 Å². The molecule has 0 unspecified atom stereocenters. The number of benzene rings is 1. The molecule has 5 aromatic rings. The van der Waals surface area contributed by atoms with Crippen molar-refractivity contribution in [2.45, 2.75) is 6.42 Å². The summed E-state index contributed by atoms with van der Waals surface area (Å²) >= 11 is 6.23. The number of halogens is 1. The molecule has 0 radical (unpaired) electrons. The molecule has 5 heterocycles. The van der Waals surface area contributed by atoms with Gasteiger partial charge in [-0.15, -0.1) is 5.10 Å². The van der Waals surface area contributed by atoms with Crippen molar-refractivity contribution in [3.05, 3.63) is 89.0 Å². The Hall–Kier alpha value is -3.89. The number of hydrogen-bond donors (Lipinski definition) is 0. The van der Waals surface area contributed by atoms with Crippen molar-refractivity contribution in [2.75, 3.05) is 0 Å². The molecule has 0 N–H and O–H groups in total. The summed E-state index contributed by atoms with van der Waals surface area (Å²) in [6.07, 6.45) is 7.84. The van der Waals surface area contributed by atoms with Gasteiger partial charge in [0.1, 0.15) is 12.0 Å². The molecule has 0 saturated heterocycles. The van der Waals surface area contributed by atoms with Gasteiger partial charge in [-0.2, -0.15) is 5.10 Å². The van der Waals surface area contributed by atoms with Crippen LogP contribution in [0.25, 0.3) is 16.9 Å². The number of rotatable bonds is 0. The Balaban J connectivity index is 1.52. The molecule has 138 valence electrons. The van der Waals surface area contributed by atoms with Crippen LogP contribution in [0.4, 0.5) is 0 Å². The van der Waals surface area contributed by atoms with Gasteiger partial charge in [0.2, 0.25) is 0 Å². The lowest BCUT2D eigenvalue weighted by Gasteiger charge is -2.09. The standard InChI is InChI=1S/C21H12ClN7/c22-15-5-7-19-21(9-15)29-16(12-24-26-29)10-20-17(23-13-27(19)20)6-4-14-11-25-28-8-2-1-3-18(14)28/h1-3,5,7-9,11-13H,10H2. The summed E-state index contributed by atoms with van der Waals surface area (Å²) in [7, 11) is 0. The largest absolute Gasteiger partial charge is 0.299 e. The molecule has 8 heteroatoms. The lowest BCUT2D eigenvalue weighted by molar-refractivity contribution is 0.778. The van der Waals surface area contributed by atoms with Crippen LogP contribution in [0.15, 0.2) is 61.3 Å². The Bertz CT molecular complexity index is 1460. The summed E-state index contributed by atoms with van der Waals surface area (Å²) in [5.74, 6) is 6.45. The Morgan fingerprint density at radius 2 is 2.00 bits per heavy atom. The monoisotopic (exact) mass is 397 g/mol.